The molecule has 0 aromatic heterocycles. The molecule has 22 heavy (non-hydrogen) atoms. The smallest absolute Gasteiger partial charge is 0 e. The molecule has 0 saturated heterocycles. The molecule has 2 aromatic rings. The van der Waals surface area contributed by atoms with Crippen LogP contribution in [0.4, 0.5) is 0 Å². The molecule has 114 valence electrons. The van der Waals surface area contributed by atoms with E-state index >= 15 is 0 Å². The molecule has 0 amide bonds. The van der Waals surface area contributed by atoms with Gasteiger partial charge in [0.15, 0.2) is 0 Å². The van der Waals surface area contributed by atoms with E-state index in [0.717, 1.165) is 11.1 Å². The first kappa shape index (κ1) is 30.1. The molecule has 2 radical (unpaired) electrons. The van der Waals surface area contributed by atoms with Gasteiger partial charge in [0, 0.05) is 65.4 Å². The van der Waals surface area contributed by atoms with Gasteiger partial charge in [0.05, 0.1) is 0 Å². The quantitative estimate of drug-likeness (QED) is 0.492. The van der Waals surface area contributed by atoms with Crippen LogP contribution in [-0.4, -0.2) is 0 Å². The van der Waals surface area contributed by atoms with Gasteiger partial charge < -0.3 is 0 Å². The van der Waals surface area contributed by atoms with E-state index in [1.54, 1.807) is 0 Å². The van der Waals surface area contributed by atoms with Crippen molar-refractivity contribution in [1.82, 2.24) is 0 Å². The van der Waals surface area contributed by atoms with Gasteiger partial charge in [-0.15, -0.1) is 24.3 Å². The zero-order valence-electron chi connectivity index (χ0n) is 14.3. The number of hydrogen-bond acceptors (Lipinski definition) is 0. The van der Waals surface area contributed by atoms with Crippen LogP contribution in [0.1, 0.15) is 38.8 Å². The zero-order chi connectivity index (χ0) is 15.6. The topological polar surface area (TPSA) is 0 Å². The van der Waals surface area contributed by atoms with Crippen molar-refractivity contribution in [3.8, 4) is 0 Å². The first-order valence-corrected chi connectivity index (χ1v) is 7.03. The molecule has 0 spiro atoms. The Balaban J connectivity index is -0.000000112. The fourth-order valence-electron chi connectivity index (χ4n) is 1.11. The number of hydrogen-bond donors (Lipinski definition) is 0. The van der Waals surface area contributed by atoms with Crippen LogP contribution in [0.2, 0.25) is 0 Å². The van der Waals surface area contributed by atoms with Crippen molar-refractivity contribution in [3.05, 3.63) is 97.1 Å². The van der Waals surface area contributed by atoms with Gasteiger partial charge in [0.25, 0.3) is 0 Å². The number of benzene rings is 2. The Morgan fingerprint density at radius 1 is 0.545 bits per heavy atom. The molecular formula is C20H26Y2-2. The van der Waals surface area contributed by atoms with Gasteiger partial charge in [0.1, 0.15) is 0 Å². The van der Waals surface area contributed by atoms with Crippen molar-refractivity contribution in [2.75, 3.05) is 0 Å². The second-order valence-corrected chi connectivity index (χ2v) is 3.09. The monoisotopic (exact) mass is 444 g/mol. The molecule has 0 bridgehead atoms. The summed E-state index contributed by atoms with van der Waals surface area (Å²) in [5.74, 6) is 0. The Labute approximate surface area is 188 Å². The molecule has 0 N–H and O–H groups in total. The Morgan fingerprint density at radius 2 is 0.773 bits per heavy atom. The third-order valence-electron chi connectivity index (χ3n) is 1.96. The summed E-state index contributed by atoms with van der Waals surface area (Å²) in [6.07, 6.45) is 5.55. The van der Waals surface area contributed by atoms with Crippen LogP contribution in [0.5, 0.6) is 0 Å². The standard InChI is InChI=1S/2C8H7.2C2H6.2Y/c2*1-2-8-6-4-3-5-7-8;2*1-2;;/h2*3-7H,1H2;2*1-2H3;;/q2*-1;;;;. The molecule has 2 rings (SSSR count). The van der Waals surface area contributed by atoms with E-state index in [0.29, 0.717) is 0 Å². The Kier molecular flexibility index (Phi) is 35.6. The van der Waals surface area contributed by atoms with Crippen LogP contribution >= 0.6 is 0 Å². The van der Waals surface area contributed by atoms with Gasteiger partial charge in [-0.05, 0) is 0 Å². The molecule has 0 saturated carbocycles. The summed E-state index contributed by atoms with van der Waals surface area (Å²) in [5, 5.41) is 0. The molecule has 0 fully saturated rings. The average molecular weight is 444 g/mol. The fourth-order valence-corrected chi connectivity index (χ4v) is 1.11. The van der Waals surface area contributed by atoms with Gasteiger partial charge in [-0.3, -0.25) is 0 Å². The SMILES string of the molecule is C=[C-]c1ccccc1.C=[C-]c1ccccc1.CC.CC.[Y].[Y]. The Morgan fingerprint density at radius 3 is 0.909 bits per heavy atom. The minimum absolute atomic E-state index is 0. The summed E-state index contributed by atoms with van der Waals surface area (Å²) in [6, 6.07) is 19.7. The van der Waals surface area contributed by atoms with E-state index < -0.39 is 0 Å². The second-order valence-electron chi connectivity index (χ2n) is 3.09. The first-order valence-electron chi connectivity index (χ1n) is 7.03. The summed E-state index contributed by atoms with van der Waals surface area (Å²) >= 11 is 0. The first-order chi connectivity index (χ1) is 9.86. The summed E-state index contributed by atoms with van der Waals surface area (Å²) < 4.78 is 0. The van der Waals surface area contributed by atoms with Crippen molar-refractivity contribution in [2.24, 2.45) is 0 Å². The summed E-state index contributed by atoms with van der Waals surface area (Å²) in [4.78, 5) is 0. The van der Waals surface area contributed by atoms with Crippen LogP contribution in [0, 0.1) is 12.2 Å². The van der Waals surface area contributed by atoms with Crippen LogP contribution in [0.15, 0.2) is 73.8 Å². The molecule has 2 aromatic carbocycles. The maximum Gasteiger partial charge on any atom is 0 e. The normalized spacial score (nSPS) is 6.73. The van der Waals surface area contributed by atoms with Crippen LogP contribution in [0.25, 0.3) is 0 Å². The van der Waals surface area contributed by atoms with E-state index in [-0.39, 0.29) is 65.4 Å². The van der Waals surface area contributed by atoms with Crippen molar-refractivity contribution in [2.45, 2.75) is 27.7 Å². The molecule has 0 aliphatic carbocycles. The molecule has 0 nitrogen and oxygen atoms in total. The Bertz CT molecular complexity index is 378. The van der Waals surface area contributed by atoms with Crippen molar-refractivity contribution < 1.29 is 65.4 Å². The van der Waals surface area contributed by atoms with Gasteiger partial charge in [-0.2, -0.15) is 60.7 Å². The summed E-state index contributed by atoms with van der Waals surface area (Å²) in [7, 11) is 0. The van der Waals surface area contributed by atoms with Crippen LogP contribution in [-0.2, 0) is 65.4 Å². The minimum atomic E-state index is 0. The van der Waals surface area contributed by atoms with Crippen molar-refractivity contribution >= 4 is 0 Å². The molecule has 0 atom stereocenters. The van der Waals surface area contributed by atoms with Crippen molar-refractivity contribution in [3.63, 3.8) is 0 Å². The van der Waals surface area contributed by atoms with Crippen LogP contribution in [0.3, 0.4) is 0 Å². The van der Waals surface area contributed by atoms with Gasteiger partial charge in [-0.25, -0.2) is 0 Å². The van der Waals surface area contributed by atoms with Gasteiger partial charge in [0.2, 0.25) is 0 Å². The third kappa shape index (κ3) is 18.2. The largest absolute Gasteiger partial charge is 0.193 e. The predicted octanol–water partition coefficient (Wildman–Crippen LogP) is 6.10. The van der Waals surface area contributed by atoms with E-state index in [1.165, 1.54) is 0 Å². The van der Waals surface area contributed by atoms with Gasteiger partial charge in [-0.1, -0.05) is 39.8 Å². The zero-order valence-corrected chi connectivity index (χ0v) is 20.0. The van der Waals surface area contributed by atoms with Crippen LogP contribution < -0.4 is 0 Å². The predicted molar refractivity (Wildman–Crippen MR) is 91.5 cm³/mol. The Hall–Kier alpha value is 0.128. The van der Waals surface area contributed by atoms with Crippen molar-refractivity contribution in [1.29, 1.82) is 0 Å². The maximum absolute atomic E-state index is 3.51. The molecular weight excluding hydrogens is 418 g/mol. The van der Waals surface area contributed by atoms with E-state index in [2.05, 4.69) is 25.3 Å². The summed E-state index contributed by atoms with van der Waals surface area (Å²) in [6.45, 7) is 15.0. The van der Waals surface area contributed by atoms with E-state index in [4.69, 9.17) is 0 Å². The fraction of sp³-hybridized carbons (Fsp3) is 0.200. The second kappa shape index (κ2) is 26.0. The van der Waals surface area contributed by atoms with E-state index in [1.807, 2.05) is 88.4 Å². The maximum atomic E-state index is 3.51. The minimum Gasteiger partial charge on any atom is -0.193 e. The molecule has 0 heterocycles. The van der Waals surface area contributed by atoms with E-state index in [9.17, 15) is 0 Å². The van der Waals surface area contributed by atoms with Gasteiger partial charge >= 0.3 is 0 Å². The number of rotatable bonds is 2. The molecule has 0 aliphatic heterocycles. The molecule has 0 aliphatic rings. The average Bonchev–Trinajstić information content (AvgIpc) is 2.60. The molecule has 2 heteroatoms. The third-order valence-corrected chi connectivity index (χ3v) is 1.96. The molecule has 0 unspecified atom stereocenters. The summed E-state index contributed by atoms with van der Waals surface area (Å²) in [5.41, 5.74) is 2.10.